The molecule has 2 nitrogen and oxygen atoms in total. The average molecular weight is 199 g/mol. The fourth-order valence-electron chi connectivity index (χ4n) is 1.85. The van der Waals surface area contributed by atoms with Gasteiger partial charge < -0.3 is 10.0 Å². The number of aliphatic hydroxyl groups excluding tert-OH is 1. The van der Waals surface area contributed by atoms with Gasteiger partial charge in [0.1, 0.15) is 0 Å². The Labute approximate surface area is 88.3 Å². The molecule has 0 heterocycles. The summed E-state index contributed by atoms with van der Waals surface area (Å²) in [5.74, 6) is 0.957. The van der Waals surface area contributed by atoms with Gasteiger partial charge in [-0.3, -0.25) is 0 Å². The van der Waals surface area contributed by atoms with E-state index in [1.165, 1.54) is 19.3 Å². The molecule has 1 N–H and O–H groups in total. The molecular weight excluding hydrogens is 174 g/mol. The van der Waals surface area contributed by atoms with Crippen molar-refractivity contribution in [2.24, 2.45) is 5.92 Å². The first-order chi connectivity index (χ1) is 6.76. The van der Waals surface area contributed by atoms with E-state index in [0.717, 1.165) is 38.4 Å². The molecule has 1 fully saturated rings. The van der Waals surface area contributed by atoms with E-state index in [0.29, 0.717) is 0 Å². The third kappa shape index (κ3) is 4.97. The molecule has 0 aromatic carbocycles. The minimum Gasteiger partial charge on any atom is -0.393 e. The van der Waals surface area contributed by atoms with Crippen LogP contribution in [0.3, 0.4) is 0 Å². The molecule has 0 amide bonds. The van der Waals surface area contributed by atoms with E-state index in [1.54, 1.807) is 0 Å². The van der Waals surface area contributed by atoms with Crippen LogP contribution in [0.4, 0.5) is 0 Å². The van der Waals surface area contributed by atoms with Crippen LogP contribution in [0, 0.1) is 5.92 Å². The van der Waals surface area contributed by atoms with Crippen LogP contribution < -0.4 is 0 Å². The molecule has 1 aliphatic rings. The van der Waals surface area contributed by atoms with Crippen molar-refractivity contribution in [3.63, 3.8) is 0 Å². The largest absolute Gasteiger partial charge is 0.393 e. The summed E-state index contributed by atoms with van der Waals surface area (Å²) in [6.45, 7) is 7.62. The molecule has 0 spiro atoms. The molecule has 1 unspecified atom stereocenters. The lowest BCUT2D eigenvalue weighted by Crippen LogP contribution is -2.27. The Morgan fingerprint density at radius 3 is 2.36 bits per heavy atom. The van der Waals surface area contributed by atoms with Gasteiger partial charge in [0.05, 0.1) is 6.10 Å². The molecule has 84 valence electrons. The van der Waals surface area contributed by atoms with Crippen LogP contribution in [0.1, 0.15) is 46.0 Å². The highest BCUT2D eigenvalue weighted by Crippen LogP contribution is 2.34. The first-order valence-electron chi connectivity index (χ1n) is 6.16. The maximum Gasteiger partial charge on any atom is 0.0552 e. The van der Waals surface area contributed by atoms with Gasteiger partial charge in [-0.2, -0.15) is 0 Å². The van der Waals surface area contributed by atoms with Gasteiger partial charge in [0.15, 0.2) is 0 Å². The van der Waals surface area contributed by atoms with E-state index in [1.807, 2.05) is 0 Å². The van der Waals surface area contributed by atoms with Crippen LogP contribution >= 0.6 is 0 Å². The summed E-state index contributed by atoms with van der Waals surface area (Å²) in [5.41, 5.74) is 0. The van der Waals surface area contributed by atoms with Crippen molar-refractivity contribution < 1.29 is 5.11 Å². The van der Waals surface area contributed by atoms with Crippen molar-refractivity contribution in [1.82, 2.24) is 4.90 Å². The van der Waals surface area contributed by atoms with E-state index in [4.69, 9.17) is 0 Å². The van der Waals surface area contributed by atoms with Crippen molar-refractivity contribution >= 4 is 0 Å². The van der Waals surface area contributed by atoms with Crippen molar-refractivity contribution in [1.29, 1.82) is 0 Å². The van der Waals surface area contributed by atoms with Crippen LogP contribution in [0.25, 0.3) is 0 Å². The standard InChI is InChI=1S/C12H25NO/c1-3-13(4-2)10-9-12(14)8-7-11-5-6-11/h11-12,14H,3-10H2,1-2H3. The molecule has 2 heteroatoms. The van der Waals surface area contributed by atoms with E-state index in [-0.39, 0.29) is 6.10 Å². The molecule has 1 rings (SSSR count). The second-order valence-electron chi connectivity index (χ2n) is 4.49. The van der Waals surface area contributed by atoms with Gasteiger partial charge >= 0.3 is 0 Å². The van der Waals surface area contributed by atoms with Gasteiger partial charge in [-0.15, -0.1) is 0 Å². The maximum atomic E-state index is 9.74. The molecule has 0 aliphatic heterocycles. The third-order valence-electron chi connectivity index (χ3n) is 3.28. The minimum absolute atomic E-state index is 0.0591. The zero-order chi connectivity index (χ0) is 10.4. The lowest BCUT2D eigenvalue weighted by molar-refractivity contribution is 0.131. The monoisotopic (exact) mass is 199 g/mol. The van der Waals surface area contributed by atoms with E-state index in [2.05, 4.69) is 18.7 Å². The first-order valence-corrected chi connectivity index (χ1v) is 6.16. The number of hydrogen-bond donors (Lipinski definition) is 1. The van der Waals surface area contributed by atoms with Crippen LogP contribution in [0.5, 0.6) is 0 Å². The summed E-state index contributed by atoms with van der Waals surface area (Å²) in [4.78, 5) is 2.38. The Morgan fingerprint density at radius 1 is 1.21 bits per heavy atom. The molecule has 0 radical (unpaired) electrons. The van der Waals surface area contributed by atoms with Gasteiger partial charge in [-0.25, -0.2) is 0 Å². The lowest BCUT2D eigenvalue weighted by atomic mass is 10.1. The number of rotatable bonds is 8. The van der Waals surface area contributed by atoms with Crippen molar-refractivity contribution in [2.45, 2.75) is 52.1 Å². The fraction of sp³-hybridized carbons (Fsp3) is 1.00. The second kappa shape index (κ2) is 6.41. The predicted octanol–water partition coefficient (Wildman–Crippen LogP) is 2.27. The summed E-state index contributed by atoms with van der Waals surface area (Å²) < 4.78 is 0. The van der Waals surface area contributed by atoms with Crippen molar-refractivity contribution in [3.05, 3.63) is 0 Å². The molecule has 1 saturated carbocycles. The third-order valence-corrected chi connectivity index (χ3v) is 3.28. The minimum atomic E-state index is -0.0591. The highest BCUT2D eigenvalue weighted by molar-refractivity contribution is 4.74. The Kier molecular flexibility index (Phi) is 5.49. The zero-order valence-electron chi connectivity index (χ0n) is 9.71. The predicted molar refractivity (Wildman–Crippen MR) is 60.4 cm³/mol. The highest BCUT2D eigenvalue weighted by Gasteiger charge is 2.21. The summed E-state index contributed by atoms with van der Waals surface area (Å²) in [5, 5.41) is 9.74. The zero-order valence-corrected chi connectivity index (χ0v) is 9.71. The molecule has 1 aliphatic carbocycles. The normalized spacial score (nSPS) is 18.9. The van der Waals surface area contributed by atoms with Gasteiger partial charge in [0.25, 0.3) is 0 Å². The fourth-order valence-corrected chi connectivity index (χ4v) is 1.85. The van der Waals surface area contributed by atoms with E-state index >= 15 is 0 Å². The number of hydrogen-bond acceptors (Lipinski definition) is 2. The Balaban J connectivity index is 1.97. The summed E-state index contributed by atoms with van der Waals surface area (Å²) in [7, 11) is 0. The van der Waals surface area contributed by atoms with Crippen LogP contribution in [-0.2, 0) is 0 Å². The smallest absolute Gasteiger partial charge is 0.0552 e. The maximum absolute atomic E-state index is 9.74. The summed E-state index contributed by atoms with van der Waals surface area (Å²) in [6, 6.07) is 0. The summed E-state index contributed by atoms with van der Waals surface area (Å²) >= 11 is 0. The molecule has 0 aromatic heterocycles. The first kappa shape index (κ1) is 12.0. The van der Waals surface area contributed by atoms with Gasteiger partial charge in [0.2, 0.25) is 0 Å². The Hall–Kier alpha value is -0.0800. The summed E-state index contributed by atoms with van der Waals surface area (Å²) in [6.07, 6.45) is 5.97. The number of aliphatic hydroxyl groups is 1. The van der Waals surface area contributed by atoms with Gasteiger partial charge in [-0.1, -0.05) is 26.7 Å². The second-order valence-corrected chi connectivity index (χ2v) is 4.49. The lowest BCUT2D eigenvalue weighted by Gasteiger charge is -2.19. The molecule has 14 heavy (non-hydrogen) atoms. The topological polar surface area (TPSA) is 23.5 Å². The molecule has 1 atom stereocenters. The highest BCUT2D eigenvalue weighted by atomic mass is 16.3. The van der Waals surface area contributed by atoms with Crippen molar-refractivity contribution in [2.75, 3.05) is 19.6 Å². The molecular formula is C12H25NO. The van der Waals surface area contributed by atoms with E-state index in [9.17, 15) is 5.11 Å². The van der Waals surface area contributed by atoms with Gasteiger partial charge in [0, 0.05) is 6.54 Å². The van der Waals surface area contributed by atoms with E-state index < -0.39 is 0 Å². The number of nitrogens with zero attached hydrogens (tertiary/aromatic N) is 1. The van der Waals surface area contributed by atoms with Crippen LogP contribution in [0.15, 0.2) is 0 Å². The van der Waals surface area contributed by atoms with Crippen LogP contribution in [-0.4, -0.2) is 35.7 Å². The average Bonchev–Trinajstić information content (AvgIpc) is 3.00. The Morgan fingerprint density at radius 2 is 1.86 bits per heavy atom. The van der Waals surface area contributed by atoms with Gasteiger partial charge in [-0.05, 0) is 38.3 Å². The SMILES string of the molecule is CCN(CC)CCC(O)CCC1CC1. The quantitative estimate of drug-likeness (QED) is 0.648. The Bertz CT molecular complexity index is 141. The van der Waals surface area contributed by atoms with Crippen molar-refractivity contribution in [3.8, 4) is 0 Å². The molecule has 0 saturated heterocycles. The molecule has 0 aromatic rings. The molecule has 0 bridgehead atoms. The van der Waals surface area contributed by atoms with Crippen LogP contribution in [0.2, 0.25) is 0 Å².